The first-order chi connectivity index (χ1) is 10.8. The number of carbonyl (C=O) groups excluding carboxylic acids is 1. The number of halogens is 1. The van der Waals surface area contributed by atoms with Gasteiger partial charge in [-0.1, -0.05) is 0 Å². The van der Waals surface area contributed by atoms with Gasteiger partial charge in [0.1, 0.15) is 17.6 Å². The van der Waals surface area contributed by atoms with E-state index in [0.29, 0.717) is 25.0 Å². The molecule has 0 spiro atoms. The number of hydrogen-bond acceptors (Lipinski definition) is 4. The molecule has 0 aliphatic carbocycles. The highest BCUT2D eigenvalue weighted by atomic mass is 19.1. The fraction of sp³-hybridized carbons (Fsp3) is 0.750. The van der Waals surface area contributed by atoms with Crippen molar-refractivity contribution in [2.45, 2.75) is 57.5 Å². The Kier molecular flexibility index (Phi) is 5.75. The van der Waals surface area contributed by atoms with Crippen LogP contribution in [0.3, 0.4) is 0 Å². The van der Waals surface area contributed by atoms with E-state index in [9.17, 15) is 14.3 Å². The van der Waals surface area contributed by atoms with Crippen molar-refractivity contribution in [3.05, 3.63) is 18.2 Å². The van der Waals surface area contributed by atoms with Crippen molar-refractivity contribution in [3.8, 4) is 0 Å². The van der Waals surface area contributed by atoms with E-state index in [1.165, 1.54) is 20.0 Å². The Morgan fingerprint density at radius 1 is 1.52 bits per heavy atom. The number of aromatic nitrogens is 2. The summed E-state index contributed by atoms with van der Waals surface area (Å²) in [5.74, 6) is 0.260. The highest BCUT2D eigenvalue weighted by Gasteiger charge is 2.26. The molecule has 7 heteroatoms. The number of carbonyl (C=O) groups is 1. The summed E-state index contributed by atoms with van der Waals surface area (Å²) in [7, 11) is 1.93. The molecule has 1 aromatic heterocycles. The number of likely N-dealkylation sites (tertiary alicyclic amines) is 1. The second-order valence-corrected chi connectivity index (χ2v) is 6.80. The Hall–Kier alpha value is -1.47. The number of rotatable bonds is 6. The van der Waals surface area contributed by atoms with Crippen LogP contribution in [0.5, 0.6) is 0 Å². The summed E-state index contributed by atoms with van der Waals surface area (Å²) < 4.78 is 15.4. The molecule has 0 saturated carbocycles. The van der Waals surface area contributed by atoms with Gasteiger partial charge in [-0.2, -0.15) is 0 Å². The first-order valence-electron chi connectivity index (χ1n) is 8.13. The van der Waals surface area contributed by atoms with Gasteiger partial charge in [-0.05, 0) is 33.7 Å². The van der Waals surface area contributed by atoms with Crippen LogP contribution in [0.15, 0.2) is 12.4 Å². The van der Waals surface area contributed by atoms with Gasteiger partial charge in [0.2, 0.25) is 5.91 Å². The summed E-state index contributed by atoms with van der Waals surface area (Å²) in [4.78, 5) is 18.2. The number of nitrogens with zero attached hydrogens (tertiary/aromatic N) is 3. The number of hydrogen-bond donors (Lipinski definition) is 2. The summed E-state index contributed by atoms with van der Waals surface area (Å²) >= 11 is 0. The highest BCUT2D eigenvalue weighted by Crippen LogP contribution is 2.21. The molecular formula is C16H27FN4O2. The number of amides is 1. The fourth-order valence-corrected chi connectivity index (χ4v) is 2.96. The quantitative estimate of drug-likeness (QED) is 0.826. The van der Waals surface area contributed by atoms with Crippen LogP contribution in [-0.2, 0) is 11.3 Å². The number of imidazole rings is 1. The third-order valence-electron chi connectivity index (χ3n) is 4.22. The standard InChI is InChI=1S/C16H27FN4O2/c1-16(2,17)11-21-9-6-19-15(21)13(22)10-14(23)20-7-4-12(18-3)5-8-20/h6,9,12-13,18,22H,4-5,7-8,10-11H2,1-3H3. The van der Waals surface area contributed by atoms with Gasteiger partial charge in [0.25, 0.3) is 0 Å². The lowest BCUT2D eigenvalue weighted by molar-refractivity contribution is -0.134. The van der Waals surface area contributed by atoms with Crippen molar-refractivity contribution >= 4 is 5.91 Å². The molecule has 1 fully saturated rings. The number of piperidine rings is 1. The summed E-state index contributed by atoms with van der Waals surface area (Å²) in [6.45, 7) is 4.44. The van der Waals surface area contributed by atoms with Gasteiger partial charge in [-0.3, -0.25) is 4.79 Å². The fourth-order valence-electron chi connectivity index (χ4n) is 2.96. The molecule has 2 rings (SSSR count). The van der Waals surface area contributed by atoms with Crippen molar-refractivity contribution in [3.63, 3.8) is 0 Å². The Morgan fingerprint density at radius 2 is 2.17 bits per heavy atom. The molecule has 0 radical (unpaired) electrons. The molecule has 1 aromatic rings. The minimum Gasteiger partial charge on any atom is -0.385 e. The molecule has 1 amide bonds. The molecule has 1 atom stereocenters. The highest BCUT2D eigenvalue weighted by molar-refractivity contribution is 5.76. The van der Waals surface area contributed by atoms with Crippen molar-refractivity contribution in [2.75, 3.05) is 20.1 Å². The summed E-state index contributed by atoms with van der Waals surface area (Å²) in [5, 5.41) is 13.5. The summed E-state index contributed by atoms with van der Waals surface area (Å²) in [6, 6.07) is 0.453. The molecule has 23 heavy (non-hydrogen) atoms. The van der Waals surface area contributed by atoms with Crippen LogP contribution in [0.25, 0.3) is 0 Å². The lowest BCUT2D eigenvalue weighted by Gasteiger charge is -2.32. The molecule has 1 aliphatic rings. The number of alkyl halides is 1. The van der Waals surface area contributed by atoms with Crippen LogP contribution in [-0.4, -0.2) is 57.3 Å². The van der Waals surface area contributed by atoms with Gasteiger partial charge in [-0.15, -0.1) is 0 Å². The van der Waals surface area contributed by atoms with E-state index in [0.717, 1.165) is 12.8 Å². The predicted octanol–water partition coefficient (Wildman–Crippen LogP) is 1.27. The van der Waals surface area contributed by atoms with Crippen LogP contribution >= 0.6 is 0 Å². The average Bonchev–Trinajstić information content (AvgIpc) is 2.93. The van der Waals surface area contributed by atoms with Gasteiger partial charge < -0.3 is 19.9 Å². The van der Waals surface area contributed by atoms with Crippen LogP contribution in [0.4, 0.5) is 4.39 Å². The third-order valence-corrected chi connectivity index (χ3v) is 4.22. The van der Waals surface area contributed by atoms with Crippen molar-refractivity contribution in [1.29, 1.82) is 0 Å². The number of aliphatic hydroxyl groups excluding tert-OH is 1. The summed E-state index contributed by atoms with van der Waals surface area (Å²) in [5.41, 5.74) is -1.41. The second kappa shape index (κ2) is 7.40. The normalized spacial score (nSPS) is 18.2. The van der Waals surface area contributed by atoms with Gasteiger partial charge >= 0.3 is 0 Å². The van der Waals surface area contributed by atoms with Crippen LogP contribution in [0.2, 0.25) is 0 Å². The smallest absolute Gasteiger partial charge is 0.225 e. The topological polar surface area (TPSA) is 70.4 Å². The zero-order chi connectivity index (χ0) is 17.0. The molecule has 130 valence electrons. The van der Waals surface area contributed by atoms with E-state index < -0.39 is 11.8 Å². The number of nitrogens with one attached hydrogen (secondary N) is 1. The molecule has 2 heterocycles. The Labute approximate surface area is 136 Å². The molecule has 6 nitrogen and oxygen atoms in total. The largest absolute Gasteiger partial charge is 0.385 e. The van der Waals surface area contributed by atoms with Gasteiger partial charge in [-0.25, -0.2) is 9.37 Å². The van der Waals surface area contributed by atoms with Gasteiger partial charge in [0.15, 0.2) is 0 Å². The van der Waals surface area contributed by atoms with E-state index in [4.69, 9.17) is 0 Å². The Balaban J connectivity index is 1.93. The Bertz CT molecular complexity index is 518. The SMILES string of the molecule is CNC1CCN(C(=O)CC(O)c2nccn2CC(C)(C)F)CC1. The van der Waals surface area contributed by atoms with Crippen LogP contribution < -0.4 is 5.32 Å². The van der Waals surface area contributed by atoms with Crippen molar-refractivity contribution < 1.29 is 14.3 Å². The van der Waals surface area contributed by atoms with E-state index in [1.54, 1.807) is 15.7 Å². The van der Waals surface area contributed by atoms with Crippen LogP contribution in [0, 0.1) is 0 Å². The molecule has 0 bridgehead atoms. The average molecular weight is 326 g/mol. The maximum Gasteiger partial charge on any atom is 0.225 e. The van der Waals surface area contributed by atoms with Crippen molar-refractivity contribution in [1.82, 2.24) is 19.8 Å². The molecule has 1 saturated heterocycles. The maximum absolute atomic E-state index is 13.8. The Morgan fingerprint density at radius 3 is 2.74 bits per heavy atom. The first-order valence-corrected chi connectivity index (χ1v) is 8.13. The van der Waals surface area contributed by atoms with Crippen LogP contribution in [0.1, 0.15) is 45.0 Å². The molecule has 0 aromatic carbocycles. The van der Waals surface area contributed by atoms with Gasteiger partial charge in [0.05, 0.1) is 13.0 Å². The predicted molar refractivity (Wildman–Crippen MR) is 85.7 cm³/mol. The monoisotopic (exact) mass is 326 g/mol. The molecular weight excluding hydrogens is 299 g/mol. The summed E-state index contributed by atoms with van der Waals surface area (Å²) in [6.07, 6.45) is 3.96. The van der Waals surface area contributed by atoms with Gasteiger partial charge in [0, 0.05) is 31.5 Å². The molecule has 1 unspecified atom stereocenters. The minimum absolute atomic E-state index is 0.0199. The van der Waals surface area contributed by atoms with E-state index in [2.05, 4.69) is 10.3 Å². The lowest BCUT2D eigenvalue weighted by atomic mass is 10.0. The van der Waals surface area contributed by atoms with Crippen molar-refractivity contribution in [2.24, 2.45) is 0 Å². The van der Waals surface area contributed by atoms with E-state index in [1.807, 2.05) is 7.05 Å². The zero-order valence-electron chi connectivity index (χ0n) is 14.1. The zero-order valence-corrected chi connectivity index (χ0v) is 14.1. The molecule has 1 aliphatic heterocycles. The third kappa shape index (κ3) is 5.00. The first kappa shape index (κ1) is 17.9. The second-order valence-electron chi connectivity index (χ2n) is 6.80. The maximum atomic E-state index is 13.8. The lowest BCUT2D eigenvalue weighted by Crippen LogP contribution is -2.44. The number of aliphatic hydroxyl groups is 1. The van der Waals surface area contributed by atoms with E-state index >= 15 is 0 Å². The minimum atomic E-state index is -1.41. The van der Waals surface area contributed by atoms with E-state index in [-0.39, 0.29) is 18.9 Å². The molecule has 2 N–H and O–H groups in total.